The highest BCUT2D eigenvalue weighted by Crippen LogP contribution is 2.51. The van der Waals surface area contributed by atoms with Crippen LogP contribution < -0.4 is 4.90 Å². The number of benzene rings is 5. The smallest absolute Gasteiger partial charge is 0.0464 e. The zero-order chi connectivity index (χ0) is 33.6. The summed E-state index contributed by atoms with van der Waals surface area (Å²) in [4.78, 5) is 2.51. The summed E-state index contributed by atoms with van der Waals surface area (Å²) in [6.45, 7) is 19.4. The number of hydrogen-bond acceptors (Lipinski definition) is 1. The molecule has 0 unspecified atom stereocenters. The molecule has 0 aromatic heterocycles. The third-order valence-electron chi connectivity index (χ3n) is 12.4. The van der Waals surface area contributed by atoms with Gasteiger partial charge in [-0.3, -0.25) is 0 Å². The average Bonchev–Trinajstić information content (AvgIpc) is 3.44. The summed E-state index contributed by atoms with van der Waals surface area (Å²) in [5.41, 5.74) is 18.5. The molecule has 0 saturated carbocycles. The van der Waals surface area contributed by atoms with Crippen LogP contribution in [0.2, 0.25) is 0 Å². The standard InChI is InChI=1S/C47H51N/c1-44(2)23-25-46(5,6)42-29-36(18-21-40(42)44)48(37-19-22-41-43(30-37)47(7,8)26-24-45(41,3)4)35-16-13-31(14-17-35)32-15-20-39-34(27-32)28-33-11-9-10-12-38(33)39/h9-22,27,29-30H,23-26,28H2,1-8H3. The van der Waals surface area contributed by atoms with Gasteiger partial charge in [-0.2, -0.15) is 0 Å². The van der Waals surface area contributed by atoms with Gasteiger partial charge in [0.25, 0.3) is 0 Å². The van der Waals surface area contributed by atoms with Crippen LogP contribution in [0.4, 0.5) is 17.1 Å². The fourth-order valence-corrected chi connectivity index (χ4v) is 9.01. The van der Waals surface area contributed by atoms with E-state index in [-0.39, 0.29) is 21.7 Å². The van der Waals surface area contributed by atoms with Crippen molar-refractivity contribution in [1.29, 1.82) is 0 Å². The minimum absolute atomic E-state index is 0.144. The van der Waals surface area contributed by atoms with Crippen molar-refractivity contribution >= 4 is 17.1 Å². The van der Waals surface area contributed by atoms with E-state index >= 15 is 0 Å². The van der Waals surface area contributed by atoms with Crippen molar-refractivity contribution in [1.82, 2.24) is 0 Å². The first-order valence-corrected chi connectivity index (χ1v) is 18.2. The second-order valence-corrected chi connectivity index (χ2v) is 17.6. The summed E-state index contributed by atoms with van der Waals surface area (Å²) >= 11 is 0. The topological polar surface area (TPSA) is 3.24 Å². The van der Waals surface area contributed by atoms with E-state index in [0.717, 1.165) is 6.42 Å². The predicted octanol–water partition coefficient (Wildman–Crippen LogP) is 13.1. The summed E-state index contributed by atoms with van der Waals surface area (Å²) in [7, 11) is 0. The maximum atomic E-state index is 2.51. The van der Waals surface area contributed by atoms with Crippen molar-refractivity contribution in [3.05, 3.63) is 137 Å². The average molecular weight is 630 g/mol. The fourth-order valence-electron chi connectivity index (χ4n) is 9.01. The molecule has 0 aliphatic heterocycles. The number of nitrogens with zero attached hydrogens (tertiary/aromatic N) is 1. The first-order valence-electron chi connectivity index (χ1n) is 18.2. The Kier molecular flexibility index (Phi) is 6.95. The molecule has 5 aromatic rings. The van der Waals surface area contributed by atoms with Crippen LogP contribution >= 0.6 is 0 Å². The van der Waals surface area contributed by atoms with Crippen LogP contribution in [-0.2, 0) is 28.1 Å². The van der Waals surface area contributed by atoms with Gasteiger partial charge in [0.15, 0.2) is 0 Å². The first-order chi connectivity index (χ1) is 22.7. The zero-order valence-electron chi connectivity index (χ0n) is 30.3. The highest BCUT2D eigenvalue weighted by Gasteiger charge is 2.39. The van der Waals surface area contributed by atoms with Crippen molar-refractivity contribution in [2.24, 2.45) is 0 Å². The monoisotopic (exact) mass is 629 g/mol. The minimum Gasteiger partial charge on any atom is -0.310 e. The van der Waals surface area contributed by atoms with Crippen LogP contribution in [0, 0.1) is 0 Å². The van der Waals surface area contributed by atoms with Crippen LogP contribution in [0.1, 0.15) is 114 Å². The van der Waals surface area contributed by atoms with Crippen LogP contribution in [0.3, 0.4) is 0 Å². The lowest BCUT2D eigenvalue weighted by atomic mass is 9.63. The molecule has 48 heavy (non-hydrogen) atoms. The van der Waals surface area contributed by atoms with E-state index in [1.165, 1.54) is 98.4 Å². The highest BCUT2D eigenvalue weighted by molar-refractivity contribution is 5.82. The van der Waals surface area contributed by atoms with E-state index in [1.54, 1.807) is 0 Å². The quantitative estimate of drug-likeness (QED) is 0.187. The van der Waals surface area contributed by atoms with Crippen molar-refractivity contribution in [2.45, 2.75) is 109 Å². The van der Waals surface area contributed by atoms with Gasteiger partial charge in [0.05, 0.1) is 0 Å². The van der Waals surface area contributed by atoms with E-state index in [9.17, 15) is 0 Å². The Balaban J connectivity index is 1.24. The van der Waals surface area contributed by atoms with E-state index in [1.807, 2.05) is 0 Å². The summed E-state index contributed by atoms with van der Waals surface area (Å²) in [6, 6.07) is 39.8. The second kappa shape index (κ2) is 10.7. The molecule has 0 N–H and O–H groups in total. The molecular formula is C47H51N. The lowest BCUT2D eigenvalue weighted by Crippen LogP contribution is -2.34. The third kappa shape index (κ3) is 5.04. The van der Waals surface area contributed by atoms with E-state index in [4.69, 9.17) is 0 Å². The van der Waals surface area contributed by atoms with Gasteiger partial charge in [0, 0.05) is 17.1 Å². The van der Waals surface area contributed by atoms with Gasteiger partial charge in [0.1, 0.15) is 0 Å². The molecular weight excluding hydrogens is 579 g/mol. The molecule has 0 bridgehead atoms. The van der Waals surface area contributed by atoms with Crippen LogP contribution in [0.25, 0.3) is 22.3 Å². The van der Waals surface area contributed by atoms with Gasteiger partial charge < -0.3 is 4.90 Å². The largest absolute Gasteiger partial charge is 0.310 e. The number of anilines is 3. The van der Waals surface area contributed by atoms with Gasteiger partial charge in [0.2, 0.25) is 0 Å². The SMILES string of the molecule is CC1(C)CCC(C)(C)c2cc(N(c3ccc(-c4ccc5c(c4)Cc4ccccc4-5)cc3)c3ccc4c(c3)C(C)(C)CCC4(C)C)ccc21. The summed E-state index contributed by atoms with van der Waals surface area (Å²) in [5.74, 6) is 0. The molecule has 3 aliphatic carbocycles. The van der Waals surface area contributed by atoms with E-state index in [0.29, 0.717) is 0 Å². The molecule has 8 rings (SSSR count). The normalized spacial score (nSPS) is 19.1. The van der Waals surface area contributed by atoms with Crippen LogP contribution in [-0.4, -0.2) is 0 Å². The Hall–Kier alpha value is -4.10. The lowest BCUT2D eigenvalue weighted by molar-refractivity contribution is 0.332. The molecule has 0 saturated heterocycles. The minimum atomic E-state index is 0.144. The van der Waals surface area contributed by atoms with Gasteiger partial charge >= 0.3 is 0 Å². The van der Waals surface area contributed by atoms with E-state index in [2.05, 4.69) is 163 Å². The summed E-state index contributed by atoms with van der Waals surface area (Å²) in [5, 5.41) is 0. The molecule has 0 radical (unpaired) electrons. The molecule has 1 nitrogen and oxygen atoms in total. The Bertz CT molecular complexity index is 1970. The Morgan fingerprint density at radius 1 is 0.396 bits per heavy atom. The second-order valence-electron chi connectivity index (χ2n) is 17.6. The summed E-state index contributed by atoms with van der Waals surface area (Å²) < 4.78 is 0. The van der Waals surface area contributed by atoms with Gasteiger partial charge in [-0.1, -0.05) is 122 Å². The Morgan fingerprint density at radius 3 is 1.42 bits per heavy atom. The fraction of sp³-hybridized carbons (Fsp3) is 0.362. The molecule has 244 valence electrons. The van der Waals surface area contributed by atoms with Crippen LogP contribution in [0.15, 0.2) is 103 Å². The molecule has 3 aliphatic rings. The van der Waals surface area contributed by atoms with Gasteiger partial charge in [-0.25, -0.2) is 0 Å². The number of fused-ring (bicyclic) bond motifs is 5. The number of hydrogen-bond donors (Lipinski definition) is 0. The van der Waals surface area contributed by atoms with E-state index < -0.39 is 0 Å². The van der Waals surface area contributed by atoms with Crippen LogP contribution in [0.5, 0.6) is 0 Å². The predicted molar refractivity (Wildman–Crippen MR) is 205 cm³/mol. The van der Waals surface area contributed by atoms with Crippen molar-refractivity contribution in [2.75, 3.05) is 4.90 Å². The van der Waals surface area contributed by atoms with Gasteiger partial charge in [-0.15, -0.1) is 0 Å². The lowest BCUT2D eigenvalue weighted by Gasteiger charge is -2.43. The molecule has 0 atom stereocenters. The summed E-state index contributed by atoms with van der Waals surface area (Å²) in [6.07, 6.45) is 5.88. The zero-order valence-corrected chi connectivity index (χ0v) is 30.3. The third-order valence-corrected chi connectivity index (χ3v) is 12.4. The maximum absolute atomic E-state index is 2.51. The Labute approximate surface area is 289 Å². The van der Waals surface area contributed by atoms with Crippen molar-refractivity contribution < 1.29 is 0 Å². The maximum Gasteiger partial charge on any atom is 0.0464 e. The first kappa shape index (κ1) is 31.2. The molecule has 0 amide bonds. The highest BCUT2D eigenvalue weighted by atomic mass is 15.1. The molecule has 0 heterocycles. The van der Waals surface area contributed by atoms with Gasteiger partial charge in [-0.05, 0) is 146 Å². The molecule has 1 heteroatoms. The van der Waals surface area contributed by atoms with Crippen molar-refractivity contribution in [3.8, 4) is 22.3 Å². The van der Waals surface area contributed by atoms with Crippen molar-refractivity contribution in [3.63, 3.8) is 0 Å². The molecule has 0 spiro atoms. The molecule has 0 fully saturated rings. The number of rotatable bonds is 4. The molecule has 5 aromatic carbocycles. The Morgan fingerprint density at radius 2 is 0.854 bits per heavy atom.